The van der Waals surface area contributed by atoms with Gasteiger partial charge in [-0.2, -0.15) is 0 Å². The number of halogens is 4. The van der Waals surface area contributed by atoms with Crippen LogP contribution < -0.4 is 5.32 Å². The number of anilines is 1. The van der Waals surface area contributed by atoms with Gasteiger partial charge in [-0.25, -0.2) is 21.6 Å². The van der Waals surface area contributed by atoms with Gasteiger partial charge in [-0.05, 0) is 62.1 Å². The first-order valence-corrected chi connectivity index (χ1v) is 14.1. The van der Waals surface area contributed by atoms with E-state index >= 15 is 0 Å². The number of fused-ring (bicyclic) bond motifs is 2. The van der Waals surface area contributed by atoms with Gasteiger partial charge < -0.3 is 20.3 Å². The summed E-state index contributed by atoms with van der Waals surface area (Å²) in [5.41, 5.74) is -1.69. The molecule has 208 valence electrons. The Morgan fingerprint density at radius 3 is 2.45 bits per heavy atom. The number of benzene rings is 2. The van der Waals surface area contributed by atoms with Crippen molar-refractivity contribution in [2.24, 2.45) is 17.8 Å². The van der Waals surface area contributed by atoms with Gasteiger partial charge in [-0.1, -0.05) is 18.5 Å². The average molecular weight is 576 g/mol. The molecule has 2 saturated carbocycles. The van der Waals surface area contributed by atoms with E-state index in [-0.39, 0.29) is 65.0 Å². The van der Waals surface area contributed by atoms with E-state index in [0.717, 1.165) is 6.07 Å². The second-order valence-corrected chi connectivity index (χ2v) is 13.0. The third-order valence-electron chi connectivity index (χ3n) is 7.63. The van der Waals surface area contributed by atoms with Crippen LogP contribution in [0.5, 0.6) is 0 Å². The first kappa shape index (κ1) is 28.8. The molecule has 2 aliphatic carbocycles. The van der Waals surface area contributed by atoms with Gasteiger partial charge in [0.1, 0.15) is 0 Å². The maximum atomic E-state index is 13.7. The molecule has 2 bridgehead atoms. The van der Waals surface area contributed by atoms with Crippen LogP contribution in [0, 0.1) is 35.2 Å². The number of aliphatic hydroxyl groups is 2. The number of carbonyl (C=O) groups excluding carboxylic acids is 1. The molecule has 12 heteroatoms. The summed E-state index contributed by atoms with van der Waals surface area (Å²) in [6, 6.07) is 4.82. The van der Waals surface area contributed by atoms with E-state index in [1.165, 1.54) is 12.1 Å². The molecule has 2 aromatic rings. The van der Waals surface area contributed by atoms with Crippen molar-refractivity contribution in [3.8, 4) is 0 Å². The van der Waals surface area contributed by atoms with E-state index in [1.807, 2.05) is 6.92 Å². The molecule has 0 heterocycles. The number of rotatable bonds is 8. The molecule has 0 saturated heterocycles. The summed E-state index contributed by atoms with van der Waals surface area (Å²) in [7, 11) is -4.05. The molecule has 0 radical (unpaired) electrons. The third-order valence-corrected chi connectivity index (χ3v) is 10.3. The second-order valence-electron chi connectivity index (χ2n) is 10.4. The normalized spacial score (nSPS) is 27.8. The predicted molar refractivity (Wildman–Crippen MR) is 134 cm³/mol. The Morgan fingerprint density at radius 2 is 1.84 bits per heavy atom. The van der Waals surface area contributed by atoms with Crippen LogP contribution in [0.25, 0.3) is 0 Å². The number of aliphatic hydroxyl groups excluding tert-OH is 1. The van der Waals surface area contributed by atoms with Crippen LogP contribution in [0.2, 0.25) is 5.02 Å². The molecule has 2 aromatic carbocycles. The first-order chi connectivity index (χ1) is 17.7. The van der Waals surface area contributed by atoms with Crippen molar-refractivity contribution < 1.29 is 41.3 Å². The SMILES string of the molecule is C[C@@H](O)COC[C@@]1(O)C2CC(S(=O)(=O)c3cc(C(=O)Nc4cc(F)c(F)c(F)c4)ccc3Cl)CC1[C@@H](C)C2. The van der Waals surface area contributed by atoms with E-state index < -0.39 is 50.2 Å². The Labute approximate surface area is 223 Å². The van der Waals surface area contributed by atoms with Gasteiger partial charge in [0.15, 0.2) is 27.3 Å². The summed E-state index contributed by atoms with van der Waals surface area (Å²) in [6.45, 7) is 3.57. The van der Waals surface area contributed by atoms with Gasteiger partial charge in [-0.15, -0.1) is 0 Å². The Bertz CT molecular complexity index is 1320. The predicted octanol–water partition coefficient (Wildman–Crippen LogP) is 4.35. The zero-order valence-electron chi connectivity index (χ0n) is 20.8. The maximum Gasteiger partial charge on any atom is 0.255 e. The van der Waals surface area contributed by atoms with Crippen LogP contribution >= 0.6 is 11.6 Å². The zero-order chi connectivity index (χ0) is 28.0. The fourth-order valence-corrected chi connectivity index (χ4v) is 8.17. The first-order valence-electron chi connectivity index (χ1n) is 12.2. The zero-order valence-corrected chi connectivity index (χ0v) is 22.3. The number of hydrogen-bond donors (Lipinski definition) is 3. The van der Waals surface area contributed by atoms with Crippen LogP contribution in [0.3, 0.4) is 0 Å². The van der Waals surface area contributed by atoms with Crippen molar-refractivity contribution in [1.29, 1.82) is 0 Å². The van der Waals surface area contributed by atoms with Crippen LogP contribution in [-0.2, 0) is 14.6 Å². The van der Waals surface area contributed by atoms with Crippen molar-refractivity contribution in [3.05, 3.63) is 58.4 Å². The number of hydrogen-bond acceptors (Lipinski definition) is 6. The number of nitrogens with one attached hydrogen (secondary N) is 1. The summed E-state index contributed by atoms with van der Waals surface area (Å²) in [5, 5.41) is 22.2. The molecular formula is C26H29ClF3NO6S. The Morgan fingerprint density at radius 1 is 1.18 bits per heavy atom. The van der Waals surface area contributed by atoms with Crippen molar-refractivity contribution in [2.75, 3.05) is 18.5 Å². The number of amides is 1. The quantitative estimate of drug-likeness (QED) is 0.404. The van der Waals surface area contributed by atoms with Crippen LogP contribution in [0.15, 0.2) is 35.2 Å². The number of sulfone groups is 1. The van der Waals surface area contributed by atoms with Crippen LogP contribution in [-0.4, -0.2) is 54.7 Å². The minimum absolute atomic E-state index is 0.00860. The Kier molecular flexibility index (Phi) is 8.17. The lowest BCUT2D eigenvalue weighted by atomic mass is 9.73. The van der Waals surface area contributed by atoms with E-state index in [2.05, 4.69) is 5.32 Å². The van der Waals surface area contributed by atoms with Crippen molar-refractivity contribution >= 4 is 33.0 Å². The highest BCUT2D eigenvalue weighted by atomic mass is 35.5. The van der Waals surface area contributed by atoms with Crippen molar-refractivity contribution in [3.63, 3.8) is 0 Å². The van der Waals surface area contributed by atoms with Gasteiger partial charge in [-0.3, -0.25) is 4.79 Å². The van der Waals surface area contributed by atoms with Gasteiger partial charge in [0.2, 0.25) is 0 Å². The van der Waals surface area contributed by atoms with Crippen molar-refractivity contribution in [2.45, 2.75) is 55.0 Å². The van der Waals surface area contributed by atoms with Crippen molar-refractivity contribution in [1.82, 2.24) is 0 Å². The average Bonchev–Trinajstić information content (AvgIpc) is 2.95. The van der Waals surface area contributed by atoms with Gasteiger partial charge in [0.25, 0.3) is 5.91 Å². The molecule has 3 unspecified atom stereocenters. The molecule has 1 amide bonds. The molecule has 0 spiro atoms. The summed E-state index contributed by atoms with van der Waals surface area (Å²) in [4.78, 5) is 12.5. The molecule has 6 atom stereocenters. The highest BCUT2D eigenvalue weighted by Gasteiger charge is 2.58. The van der Waals surface area contributed by atoms with E-state index in [0.29, 0.717) is 18.6 Å². The van der Waals surface area contributed by atoms with Gasteiger partial charge >= 0.3 is 0 Å². The summed E-state index contributed by atoms with van der Waals surface area (Å²) in [5.74, 6) is -6.19. The number of ether oxygens (including phenoxy) is 1. The molecule has 2 aliphatic rings. The van der Waals surface area contributed by atoms with Gasteiger partial charge in [0, 0.05) is 23.4 Å². The smallest absolute Gasteiger partial charge is 0.255 e. The topological polar surface area (TPSA) is 113 Å². The monoisotopic (exact) mass is 575 g/mol. The molecule has 3 N–H and O–H groups in total. The minimum Gasteiger partial charge on any atom is -0.391 e. The molecule has 38 heavy (non-hydrogen) atoms. The lowest BCUT2D eigenvalue weighted by molar-refractivity contribution is -0.124. The van der Waals surface area contributed by atoms with E-state index in [9.17, 15) is 36.6 Å². The molecule has 0 aromatic heterocycles. The standard InChI is InChI=1S/C26H29ClF3NO6S/c1-13-5-16-7-18(10-19(13)26(16,34)12-37-11-14(2)32)38(35,36)23-6-15(3-4-20(23)27)25(33)31-17-8-21(28)24(30)22(29)9-17/h3-4,6,8-9,13-14,16,18-19,32,34H,5,7,10-12H2,1-2H3,(H,31,33)/t13-,14+,16?,18?,19?,26+/m0/s1. The highest BCUT2D eigenvalue weighted by molar-refractivity contribution is 7.92. The minimum atomic E-state index is -4.05. The van der Waals surface area contributed by atoms with Gasteiger partial charge in [0.05, 0.1) is 40.1 Å². The lowest BCUT2D eigenvalue weighted by Gasteiger charge is -2.43. The Hall–Kier alpha value is -2.18. The largest absolute Gasteiger partial charge is 0.391 e. The molecule has 7 nitrogen and oxygen atoms in total. The second kappa shape index (κ2) is 10.8. The molecule has 2 fully saturated rings. The van der Waals surface area contributed by atoms with E-state index in [4.69, 9.17) is 16.3 Å². The lowest BCUT2D eigenvalue weighted by Crippen LogP contribution is -2.52. The Balaban J connectivity index is 1.56. The van der Waals surface area contributed by atoms with Crippen LogP contribution in [0.4, 0.5) is 18.9 Å². The van der Waals surface area contributed by atoms with E-state index in [1.54, 1.807) is 6.92 Å². The van der Waals surface area contributed by atoms with Crippen LogP contribution in [0.1, 0.15) is 43.5 Å². The molecule has 4 rings (SSSR count). The third kappa shape index (κ3) is 5.44. The highest BCUT2D eigenvalue weighted by Crippen LogP contribution is 2.54. The fourth-order valence-electron chi connectivity index (χ4n) is 5.79. The molecular weight excluding hydrogens is 547 g/mol. The summed E-state index contributed by atoms with van der Waals surface area (Å²) < 4.78 is 73.2. The number of carbonyl (C=O) groups is 1. The molecule has 0 aliphatic heterocycles. The summed E-state index contributed by atoms with van der Waals surface area (Å²) >= 11 is 6.25. The summed E-state index contributed by atoms with van der Waals surface area (Å²) in [6.07, 6.45) is 0.248. The maximum absolute atomic E-state index is 13.7. The fraction of sp³-hybridized carbons (Fsp3) is 0.500.